The van der Waals surface area contributed by atoms with Crippen molar-refractivity contribution in [1.82, 2.24) is 19.5 Å². The number of aromatic nitrogens is 4. The van der Waals surface area contributed by atoms with Crippen LogP contribution in [0.2, 0.25) is 5.28 Å². The highest BCUT2D eigenvalue weighted by Crippen LogP contribution is 2.27. The summed E-state index contributed by atoms with van der Waals surface area (Å²) in [4.78, 5) is 15.5. The fraction of sp³-hybridized carbons (Fsp3) is 0.706. The quantitative estimate of drug-likeness (QED) is 0.835. The van der Waals surface area contributed by atoms with Crippen molar-refractivity contribution in [2.45, 2.75) is 53.2 Å². The van der Waals surface area contributed by atoms with Gasteiger partial charge in [-0.2, -0.15) is 9.97 Å². The van der Waals surface area contributed by atoms with E-state index < -0.39 is 5.60 Å². The van der Waals surface area contributed by atoms with Crippen molar-refractivity contribution in [3.05, 3.63) is 11.1 Å². The number of halogens is 1. The van der Waals surface area contributed by atoms with Crippen LogP contribution in [-0.2, 0) is 11.3 Å². The number of hydrogen-bond donors (Lipinski definition) is 1. The molecule has 2 aromatic heterocycles. The maximum absolute atomic E-state index is 9.98. The molecule has 140 valence electrons. The minimum Gasteiger partial charge on any atom is -0.390 e. The van der Waals surface area contributed by atoms with Gasteiger partial charge in [-0.15, -0.1) is 0 Å². The Morgan fingerprint density at radius 3 is 2.40 bits per heavy atom. The first-order valence-electron chi connectivity index (χ1n) is 8.80. The molecule has 1 N–H and O–H groups in total. The second kappa shape index (κ2) is 8.29. The van der Waals surface area contributed by atoms with Crippen molar-refractivity contribution in [2.75, 3.05) is 31.2 Å². The van der Waals surface area contributed by atoms with Gasteiger partial charge in [0.1, 0.15) is 5.82 Å². The summed E-state index contributed by atoms with van der Waals surface area (Å²) in [6, 6.07) is 0. The van der Waals surface area contributed by atoms with Gasteiger partial charge < -0.3 is 19.3 Å². The van der Waals surface area contributed by atoms with Crippen LogP contribution in [0.3, 0.4) is 0 Å². The number of aliphatic hydroxyl groups is 1. The minimum absolute atomic E-state index is 0.211. The topological polar surface area (TPSA) is 76.3 Å². The first kappa shape index (κ1) is 19.9. The summed E-state index contributed by atoms with van der Waals surface area (Å²) in [6.45, 7) is 13.0. The van der Waals surface area contributed by atoms with Gasteiger partial charge in [-0.3, -0.25) is 0 Å². The van der Waals surface area contributed by atoms with E-state index in [0.29, 0.717) is 31.8 Å². The average molecular weight is 370 g/mol. The molecule has 2 aromatic rings. The first-order valence-corrected chi connectivity index (χ1v) is 9.18. The summed E-state index contributed by atoms with van der Waals surface area (Å²) in [6.07, 6.45) is 0.605. The van der Waals surface area contributed by atoms with E-state index in [1.165, 1.54) is 0 Å². The number of anilines is 1. The third kappa shape index (κ3) is 4.80. The van der Waals surface area contributed by atoms with Gasteiger partial charge in [0, 0.05) is 19.6 Å². The molecule has 1 aliphatic rings. The normalized spacial score (nSPS) is 15.2. The molecule has 25 heavy (non-hydrogen) atoms. The zero-order chi connectivity index (χ0) is 18.6. The summed E-state index contributed by atoms with van der Waals surface area (Å²) < 4.78 is 7.39. The van der Waals surface area contributed by atoms with Crippen LogP contribution >= 0.6 is 11.6 Å². The molecule has 1 saturated heterocycles. The monoisotopic (exact) mass is 369 g/mol. The van der Waals surface area contributed by atoms with Gasteiger partial charge >= 0.3 is 0 Å². The van der Waals surface area contributed by atoms with Crippen molar-refractivity contribution in [1.29, 1.82) is 0 Å². The Morgan fingerprint density at radius 1 is 1.16 bits per heavy atom. The highest BCUT2D eigenvalue weighted by Gasteiger charge is 2.22. The van der Waals surface area contributed by atoms with E-state index >= 15 is 0 Å². The van der Waals surface area contributed by atoms with E-state index in [1.54, 1.807) is 13.8 Å². The van der Waals surface area contributed by atoms with Gasteiger partial charge in [0.2, 0.25) is 5.28 Å². The Hall–Kier alpha value is -1.44. The van der Waals surface area contributed by atoms with Crippen LogP contribution in [0.15, 0.2) is 0 Å². The number of hydrogen-bond acceptors (Lipinski definition) is 6. The van der Waals surface area contributed by atoms with Crippen LogP contribution in [0.5, 0.6) is 0 Å². The van der Waals surface area contributed by atoms with Crippen molar-refractivity contribution in [2.24, 2.45) is 0 Å². The van der Waals surface area contributed by atoms with E-state index in [0.717, 1.165) is 30.2 Å². The molecule has 0 amide bonds. The van der Waals surface area contributed by atoms with Crippen LogP contribution in [0.25, 0.3) is 11.2 Å². The summed E-state index contributed by atoms with van der Waals surface area (Å²) in [5, 5.41) is 10.2. The first-order chi connectivity index (χ1) is 11.8. The second-order valence-electron chi connectivity index (χ2n) is 6.46. The fourth-order valence-corrected chi connectivity index (χ4v) is 2.88. The number of rotatable bonds is 4. The highest BCUT2D eigenvalue weighted by atomic mass is 35.5. The molecule has 0 atom stereocenters. The standard InChI is InChI=1S/C15H22ClN5O2.C2H6/c1-10-17-11-12(20-6-8-23-9-7-20)18-14(16)19-13(11)21(10)5-4-15(2,3)22;1-2/h22H,4-9H2,1-3H3;1-2H3. The zero-order valence-corrected chi connectivity index (χ0v) is 16.5. The molecular formula is C17H28ClN5O2. The third-order valence-electron chi connectivity index (χ3n) is 4.00. The van der Waals surface area contributed by atoms with Crippen LogP contribution in [-0.4, -0.2) is 56.5 Å². The molecule has 1 fully saturated rings. The van der Waals surface area contributed by atoms with E-state index in [-0.39, 0.29) is 5.28 Å². The molecule has 0 aliphatic carbocycles. The van der Waals surface area contributed by atoms with Crippen molar-refractivity contribution in [3.63, 3.8) is 0 Å². The molecule has 0 aromatic carbocycles. The molecule has 7 nitrogen and oxygen atoms in total. The lowest BCUT2D eigenvalue weighted by Gasteiger charge is -2.27. The van der Waals surface area contributed by atoms with Crippen LogP contribution in [0.1, 0.15) is 39.9 Å². The third-order valence-corrected chi connectivity index (χ3v) is 4.17. The SMILES string of the molecule is CC.Cc1nc2c(N3CCOCC3)nc(Cl)nc2n1CCC(C)(C)O. The van der Waals surface area contributed by atoms with E-state index in [1.807, 2.05) is 25.3 Å². The summed E-state index contributed by atoms with van der Waals surface area (Å²) >= 11 is 6.14. The molecule has 0 unspecified atom stereocenters. The molecule has 3 heterocycles. The predicted molar refractivity (Wildman–Crippen MR) is 100 cm³/mol. The summed E-state index contributed by atoms with van der Waals surface area (Å²) in [5.41, 5.74) is 0.727. The lowest BCUT2D eigenvalue weighted by atomic mass is 10.1. The number of fused-ring (bicyclic) bond motifs is 1. The highest BCUT2D eigenvalue weighted by molar-refractivity contribution is 6.28. The molecule has 3 rings (SSSR count). The molecule has 8 heteroatoms. The second-order valence-corrected chi connectivity index (χ2v) is 6.80. The van der Waals surface area contributed by atoms with Crippen LogP contribution in [0, 0.1) is 6.92 Å². The number of ether oxygens (including phenoxy) is 1. The predicted octanol–water partition coefficient (Wildman–Crippen LogP) is 2.81. The van der Waals surface area contributed by atoms with Crippen LogP contribution in [0.4, 0.5) is 5.82 Å². The Bertz CT molecular complexity index is 705. The van der Waals surface area contributed by atoms with Gasteiger partial charge in [0.05, 0.1) is 18.8 Å². The van der Waals surface area contributed by atoms with Gasteiger partial charge in [0.25, 0.3) is 0 Å². The molecule has 0 saturated carbocycles. The Kier molecular flexibility index (Phi) is 6.59. The largest absolute Gasteiger partial charge is 0.390 e. The van der Waals surface area contributed by atoms with E-state index in [9.17, 15) is 5.11 Å². The average Bonchev–Trinajstić information content (AvgIpc) is 2.89. The minimum atomic E-state index is -0.743. The van der Waals surface area contributed by atoms with Crippen molar-refractivity contribution < 1.29 is 9.84 Å². The maximum atomic E-state index is 9.98. The Morgan fingerprint density at radius 2 is 1.80 bits per heavy atom. The lowest BCUT2D eigenvalue weighted by Crippen LogP contribution is -2.37. The van der Waals surface area contributed by atoms with Gasteiger partial charge in [-0.05, 0) is 38.8 Å². The maximum Gasteiger partial charge on any atom is 0.226 e. The smallest absolute Gasteiger partial charge is 0.226 e. The Balaban J connectivity index is 0.00000109. The molecule has 0 spiro atoms. The van der Waals surface area contributed by atoms with Gasteiger partial charge in [-0.25, -0.2) is 4.98 Å². The van der Waals surface area contributed by atoms with Crippen molar-refractivity contribution >= 4 is 28.6 Å². The van der Waals surface area contributed by atoms with Crippen LogP contribution < -0.4 is 4.90 Å². The molecule has 0 bridgehead atoms. The van der Waals surface area contributed by atoms with E-state index in [4.69, 9.17) is 16.3 Å². The summed E-state index contributed by atoms with van der Waals surface area (Å²) in [7, 11) is 0. The number of morpholine rings is 1. The molecule has 1 aliphatic heterocycles. The summed E-state index contributed by atoms with van der Waals surface area (Å²) in [5.74, 6) is 1.60. The number of aryl methyl sites for hydroxylation is 2. The lowest BCUT2D eigenvalue weighted by molar-refractivity contribution is 0.0663. The number of imidazole rings is 1. The molecule has 0 radical (unpaired) electrons. The van der Waals surface area contributed by atoms with Gasteiger partial charge in [-0.1, -0.05) is 13.8 Å². The molecular weight excluding hydrogens is 342 g/mol. The zero-order valence-electron chi connectivity index (χ0n) is 15.7. The Labute approximate surface area is 154 Å². The fourth-order valence-electron chi connectivity index (χ4n) is 2.72. The van der Waals surface area contributed by atoms with Gasteiger partial charge in [0.15, 0.2) is 17.0 Å². The number of nitrogens with zero attached hydrogens (tertiary/aromatic N) is 5. The van der Waals surface area contributed by atoms with Crippen molar-refractivity contribution in [3.8, 4) is 0 Å². The van der Waals surface area contributed by atoms with E-state index in [2.05, 4.69) is 19.9 Å².